The minimum atomic E-state index is -4.37. The van der Waals surface area contributed by atoms with E-state index in [1.807, 2.05) is 26.0 Å². The SMILES string of the molecule is CN(C)C.NOP(=O)(O)O.[NaH].[NaH].[NaH].[NaH]. The fourth-order valence-electron chi connectivity index (χ4n) is 0. The van der Waals surface area contributed by atoms with E-state index in [-0.39, 0.29) is 118 Å². The number of rotatable bonds is 1. The van der Waals surface area contributed by atoms with Gasteiger partial charge in [-0.2, -0.15) is 0 Å². The first-order valence-corrected chi connectivity index (χ1v) is 3.87. The Morgan fingerprint density at radius 3 is 1.14 bits per heavy atom. The average molecular weight is 268 g/mol. The Labute approximate surface area is 173 Å². The van der Waals surface area contributed by atoms with Crippen molar-refractivity contribution in [1.29, 1.82) is 0 Å². The molecule has 0 spiro atoms. The molecular formula is C3H17N2Na4O4P. The van der Waals surface area contributed by atoms with Crippen molar-refractivity contribution < 1.29 is 19.0 Å². The van der Waals surface area contributed by atoms with Crippen LogP contribution >= 0.6 is 7.82 Å². The van der Waals surface area contributed by atoms with Crippen molar-refractivity contribution in [3.63, 3.8) is 0 Å². The van der Waals surface area contributed by atoms with E-state index in [0.717, 1.165) is 0 Å². The fourth-order valence-corrected chi connectivity index (χ4v) is 0. The molecule has 0 aliphatic heterocycles. The van der Waals surface area contributed by atoms with E-state index >= 15 is 0 Å². The zero-order valence-electron chi connectivity index (χ0n) is 6.18. The minimum absolute atomic E-state index is 0. The molecule has 0 aromatic heterocycles. The van der Waals surface area contributed by atoms with Gasteiger partial charge in [0.25, 0.3) is 0 Å². The van der Waals surface area contributed by atoms with Gasteiger partial charge in [0.05, 0.1) is 0 Å². The molecular weight excluding hydrogens is 251 g/mol. The molecule has 0 amide bonds. The predicted octanol–water partition coefficient (Wildman–Crippen LogP) is -3.45. The molecule has 4 N–H and O–H groups in total. The van der Waals surface area contributed by atoms with Crippen LogP contribution in [0.25, 0.3) is 0 Å². The quantitative estimate of drug-likeness (QED) is 0.260. The summed E-state index contributed by atoms with van der Waals surface area (Å²) < 4.78 is 12.5. The van der Waals surface area contributed by atoms with E-state index in [1.165, 1.54) is 0 Å². The van der Waals surface area contributed by atoms with E-state index in [2.05, 4.69) is 10.5 Å². The summed E-state index contributed by atoms with van der Waals surface area (Å²) >= 11 is 0. The van der Waals surface area contributed by atoms with Crippen molar-refractivity contribution in [2.45, 2.75) is 0 Å². The summed E-state index contributed by atoms with van der Waals surface area (Å²) in [6, 6.07) is 0. The number of hydrogen-bond acceptors (Lipinski definition) is 4. The van der Waals surface area contributed by atoms with Gasteiger partial charge >= 0.3 is 126 Å². The number of nitrogens with two attached hydrogens (primary N) is 1. The van der Waals surface area contributed by atoms with Crippen molar-refractivity contribution in [2.24, 2.45) is 5.90 Å². The maximum atomic E-state index is 9.35. The number of nitrogens with zero attached hydrogens (tertiary/aromatic N) is 1. The molecule has 0 rings (SSSR count). The maximum absolute atomic E-state index is 9.35. The first-order chi connectivity index (χ1) is 4.29. The van der Waals surface area contributed by atoms with Crippen LogP contribution in [-0.2, 0) is 9.19 Å². The summed E-state index contributed by atoms with van der Waals surface area (Å²) in [4.78, 5) is 17.2. The van der Waals surface area contributed by atoms with Crippen LogP contribution < -0.4 is 5.90 Å². The van der Waals surface area contributed by atoms with Gasteiger partial charge in [-0.05, 0) is 21.1 Å². The monoisotopic (exact) mass is 268 g/mol. The third-order valence-electron chi connectivity index (χ3n) is 0.137. The Morgan fingerprint density at radius 2 is 1.14 bits per heavy atom. The summed E-state index contributed by atoms with van der Waals surface area (Å²) in [7, 11) is 1.63. The van der Waals surface area contributed by atoms with Crippen molar-refractivity contribution in [3.8, 4) is 0 Å². The van der Waals surface area contributed by atoms with Gasteiger partial charge in [-0.1, -0.05) is 0 Å². The van der Waals surface area contributed by atoms with Crippen LogP contribution in [0.5, 0.6) is 0 Å². The van der Waals surface area contributed by atoms with E-state index < -0.39 is 7.82 Å². The van der Waals surface area contributed by atoms with Crippen LogP contribution in [0.2, 0.25) is 0 Å². The molecule has 0 saturated carbocycles. The third kappa shape index (κ3) is 73.3. The molecule has 0 heterocycles. The summed E-state index contributed by atoms with van der Waals surface area (Å²) in [6.45, 7) is 0. The molecule has 0 aromatic rings. The van der Waals surface area contributed by atoms with Crippen LogP contribution in [0.4, 0.5) is 0 Å². The molecule has 6 nitrogen and oxygen atoms in total. The molecule has 14 heavy (non-hydrogen) atoms. The standard InChI is InChI=1S/C3H9N.H4NO4P.4Na.4H/c1-4(2)3;1-5-6(2,3)4;;;;;;;;/h1-3H3;1H2,(H2,2,3,4);;;;;;;;. The van der Waals surface area contributed by atoms with Crippen molar-refractivity contribution in [2.75, 3.05) is 21.1 Å². The first-order valence-electron chi connectivity index (χ1n) is 2.34. The van der Waals surface area contributed by atoms with Crippen LogP contribution in [0.15, 0.2) is 0 Å². The van der Waals surface area contributed by atoms with Crippen LogP contribution in [0, 0.1) is 0 Å². The van der Waals surface area contributed by atoms with Crippen LogP contribution in [0.1, 0.15) is 0 Å². The van der Waals surface area contributed by atoms with Gasteiger partial charge in [0, 0.05) is 0 Å². The molecule has 0 radical (unpaired) electrons. The van der Waals surface area contributed by atoms with Gasteiger partial charge in [0.2, 0.25) is 0 Å². The molecule has 11 heteroatoms. The van der Waals surface area contributed by atoms with Gasteiger partial charge in [0.15, 0.2) is 0 Å². The second-order valence-electron chi connectivity index (χ2n) is 1.94. The average Bonchev–Trinajstić information content (AvgIpc) is 1.63. The molecule has 72 valence electrons. The molecule has 0 aliphatic carbocycles. The molecule has 0 fully saturated rings. The summed E-state index contributed by atoms with van der Waals surface area (Å²) in [5, 5.41) is 0. The van der Waals surface area contributed by atoms with E-state index in [4.69, 9.17) is 9.79 Å². The Morgan fingerprint density at radius 1 is 1.07 bits per heavy atom. The normalized spacial score (nSPS) is 7.64. The van der Waals surface area contributed by atoms with Gasteiger partial charge in [-0.25, -0.2) is 15.1 Å². The summed E-state index contributed by atoms with van der Waals surface area (Å²) in [6.07, 6.45) is 0. The van der Waals surface area contributed by atoms with E-state index in [0.29, 0.717) is 0 Å². The molecule has 0 aromatic carbocycles. The molecule has 0 unspecified atom stereocenters. The van der Waals surface area contributed by atoms with Gasteiger partial charge < -0.3 is 14.7 Å². The van der Waals surface area contributed by atoms with Gasteiger partial charge in [0.1, 0.15) is 0 Å². The second kappa shape index (κ2) is 22.2. The number of hydrogen-bond donors (Lipinski definition) is 3. The van der Waals surface area contributed by atoms with Gasteiger partial charge in [-0.15, -0.1) is 0 Å². The zero-order chi connectivity index (χ0) is 8.78. The summed E-state index contributed by atoms with van der Waals surface area (Å²) in [5.41, 5.74) is 0. The number of phosphoric acid groups is 1. The molecule has 0 aliphatic rings. The Hall–Kier alpha value is 4.03. The Balaban J connectivity index is -0.0000000185. The van der Waals surface area contributed by atoms with Crippen LogP contribution in [-0.4, -0.2) is 154 Å². The second-order valence-corrected chi connectivity index (χ2v) is 3.13. The van der Waals surface area contributed by atoms with Crippen molar-refractivity contribution in [3.05, 3.63) is 0 Å². The Kier molecular flexibility index (Phi) is 57.4. The molecule has 0 saturated heterocycles. The zero-order valence-corrected chi connectivity index (χ0v) is 7.08. The topological polar surface area (TPSA) is 96.0 Å². The van der Waals surface area contributed by atoms with Gasteiger partial charge in [-0.3, -0.25) is 0 Å². The van der Waals surface area contributed by atoms with Crippen molar-refractivity contribution >= 4 is 126 Å². The van der Waals surface area contributed by atoms with Crippen LogP contribution in [0.3, 0.4) is 0 Å². The fraction of sp³-hybridized carbons (Fsp3) is 1.00. The third-order valence-corrected chi connectivity index (χ3v) is 0.412. The summed E-state index contributed by atoms with van der Waals surface area (Å²) in [5.74, 6) is 4.04. The predicted molar refractivity (Wildman–Crippen MR) is 65.5 cm³/mol. The first kappa shape index (κ1) is 36.1. The van der Waals surface area contributed by atoms with E-state index in [1.54, 1.807) is 0 Å². The van der Waals surface area contributed by atoms with E-state index in [9.17, 15) is 4.57 Å². The molecule has 0 atom stereocenters. The Bertz CT molecular complexity index is 120. The van der Waals surface area contributed by atoms with Crippen molar-refractivity contribution in [1.82, 2.24) is 4.90 Å². The molecule has 0 bridgehead atoms.